The lowest BCUT2D eigenvalue weighted by Crippen LogP contribution is -2.28. The first-order chi connectivity index (χ1) is 11.8. The monoisotopic (exact) mass is 326 g/mol. The molecule has 6 heteroatoms. The number of benzene rings is 1. The number of anilines is 1. The fourth-order valence-corrected chi connectivity index (χ4v) is 2.61. The molecule has 0 fully saturated rings. The Hall–Kier alpha value is -2.60. The minimum Gasteiger partial charge on any atom is -0.497 e. The second kappa shape index (κ2) is 8.31. The summed E-state index contributed by atoms with van der Waals surface area (Å²) in [6.07, 6.45) is 9.62. The molecule has 0 saturated carbocycles. The maximum absolute atomic E-state index is 12.0. The van der Waals surface area contributed by atoms with Crippen LogP contribution in [0.15, 0.2) is 55.1 Å². The van der Waals surface area contributed by atoms with Crippen LogP contribution in [0.5, 0.6) is 0 Å². The Morgan fingerprint density at radius 2 is 2.33 bits per heavy atom. The molecule has 1 aliphatic heterocycles. The highest BCUT2D eigenvalue weighted by Gasteiger charge is 2.10. The molecule has 1 aromatic carbocycles. The highest BCUT2D eigenvalue weighted by molar-refractivity contribution is 5.90. The molecule has 0 aliphatic carbocycles. The van der Waals surface area contributed by atoms with E-state index in [1.54, 1.807) is 29.4 Å². The molecule has 0 unspecified atom stereocenters. The molecule has 2 aromatic rings. The fourth-order valence-electron chi connectivity index (χ4n) is 2.61. The number of allylic oxidation sites excluding steroid dienone is 1. The molecule has 0 bridgehead atoms. The molecule has 2 N–H and O–H groups in total. The van der Waals surface area contributed by atoms with Crippen LogP contribution in [-0.4, -0.2) is 28.3 Å². The summed E-state index contributed by atoms with van der Waals surface area (Å²) in [5.41, 5.74) is 1.92. The number of nitrogens with one attached hydrogen (secondary N) is 2. The molecule has 24 heavy (non-hydrogen) atoms. The smallest absolute Gasteiger partial charge is 0.246 e. The van der Waals surface area contributed by atoms with Gasteiger partial charge in [-0.25, -0.2) is 0 Å². The summed E-state index contributed by atoms with van der Waals surface area (Å²) >= 11 is 0. The van der Waals surface area contributed by atoms with Gasteiger partial charge in [-0.05, 0) is 42.7 Å². The Labute approximate surface area is 141 Å². The van der Waals surface area contributed by atoms with Crippen molar-refractivity contribution in [3.8, 4) is 0 Å². The van der Waals surface area contributed by atoms with Crippen molar-refractivity contribution in [1.82, 2.24) is 15.1 Å². The van der Waals surface area contributed by atoms with Crippen molar-refractivity contribution >= 4 is 11.6 Å². The molecule has 0 radical (unpaired) electrons. The van der Waals surface area contributed by atoms with Crippen LogP contribution in [0.1, 0.15) is 18.4 Å². The van der Waals surface area contributed by atoms with Crippen molar-refractivity contribution in [2.45, 2.75) is 32.0 Å². The normalized spacial score (nSPS) is 16.6. The first-order valence-electron chi connectivity index (χ1n) is 8.17. The van der Waals surface area contributed by atoms with E-state index in [2.05, 4.69) is 15.7 Å². The van der Waals surface area contributed by atoms with E-state index in [-0.39, 0.29) is 18.6 Å². The average molecular weight is 326 g/mol. The maximum Gasteiger partial charge on any atom is 0.246 e. The number of carbonyl (C=O) groups excluding carboxylic acids is 1. The lowest BCUT2D eigenvalue weighted by atomic mass is 10.1. The van der Waals surface area contributed by atoms with Crippen molar-refractivity contribution in [2.75, 3.05) is 11.9 Å². The summed E-state index contributed by atoms with van der Waals surface area (Å²) in [5.74, 6) is -0.0915. The predicted molar refractivity (Wildman–Crippen MR) is 92.3 cm³/mol. The third kappa shape index (κ3) is 4.96. The van der Waals surface area contributed by atoms with Crippen molar-refractivity contribution in [3.05, 3.63) is 60.6 Å². The first kappa shape index (κ1) is 16.3. The Morgan fingerprint density at radius 3 is 3.12 bits per heavy atom. The van der Waals surface area contributed by atoms with Gasteiger partial charge in [0.25, 0.3) is 0 Å². The van der Waals surface area contributed by atoms with Gasteiger partial charge in [0.1, 0.15) is 12.6 Å². The highest BCUT2D eigenvalue weighted by Crippen LogP contribution is 2.12. The number of rotatable bonds is 7. The average Bonchev–Trinajstić information content (AvgIpc) is 3.09. The summed E-state index contributed by atoms with van der Waals surface area (Å²) in [6, 6.07) is 9.65. The second-order valence-corrected chi connectivity index (χ2v) is 5.79. The van der Waals surface area contributed by atoms with Gasteiger partial charge >= 0.3 is 0 Å². The molecule has 6 nitrogen and oxygen atoms in total. The number of amides is 1. The van der Waals surface area contributed by atoms with Gasteiger partial charge in [0.05, 0.1) is 6.26 Å². The van der Waals surface area contributed by atoms with E-state index in [1.807, 2.05) is 30.3 Å². The number of hydrogen-bond donors (Lipinski definition) is 2. The van der Waals surface area contributed by atoms with Crippen LogP contribution >= 0.6 is 0 Å². The van der Waals surface area contributed by atoms with Crippen LogP contribution < -0.4 is 10.6 Å². The van der Waals surface area contributed by atoms with Crippen LogP contribution in [0, 0.1) is 0 Å². The molecule has 3 rings (SSSR count). The number of aromatic nitrogens is 2. The third-order valence-corrected chi connectivity index (χ3v) is 3.80. The lowest BCUT2D eigenvalue weighted by Gasteiger charge is -2.19. The van der Waals surface area contributed by atoms with Crippen molar-refractivity contribution < 1.29 is 9.53 Å². The van der Waals surface area contributed by atoms with Gasteiger partial charge in [-0.15, -0.1) is 0 Å². The molecule has 1 aromatic heterocycles. The molecule has 0 saturated heterocycles. The minimum absolute atomic E-state index is 0.0915. The Bertz CT molecular complexity index is 682. The molecule has 1 amide bonds. The van der Waals surface area contributed by atoms with Gasteiger partial charge in [-0.2, -0.15) is 5.10 Å². The topological polar surface area (TPSA) is 68.2 Å². The molecule has 1 atom stereocenters. The number of carbonyl (C=O) groups is 1. The molecule has 0 spiro atoms. The van der Waals surface area contributed by atoms with Gasteiger partial charge in [-0.1, -0.05) is 12.1 Å². The Balaban J connectivity index is 1.46. The summed E-state index contributed by atoms with van der Waals surface area (Å²) in [7, 11) is 0. The van der Waals surface area contributed by atoms with Crippen LogP contribution in [0.3, 0.4) is 0 Å². The van der Waals surface area contributed by atoms with E-state index in [1.165, 1.54) is 0 Å². The van der Waals surface area contributed by atoms with Gasteiger partial charge in [0, 0.05) is 31.2 Å². The van der Waals surface area contributed by atoms with Gasteiger partial charge in [-0.3, -0.25) is 9.48 Å². The van der Waals surface area contributed by atoms with Gasteiger partial charge in [0.15, 0.2) is 0 Å². The zero-order chi connectivity index (χ0) is 16.6. The molecule has 1 aliphatic rings. The standard InChI is InChI=1S/C18H22N4O2/c23-18(14-22-9-4-8-20-22)21-16-6-3-5-15(11-16)12-19-13-17-7-1-2-10-24-17/h2-6,8-11,17,19H,1,7,12-14H2,(H,21,23)/t17-/m1/s1. The lowest BCUT2D eigenvalue weighted by molar-refractivity contribution is -0.116. The maximum atomic E-state index is 12.0. The van der Waals surface area contributed by atoms with Crippen LogP contribution in [0.2, 0.25) is 0 Å². The van der Waals surface area contributed by atoms with E-state index >= 15 is 0 Å². The summed E-state index contributed by atoms with van der Waals surface area (Å²) in [4.78, 5) is 12.0. The first-order valence-corrected chi connectivity index (χ1v) is 8.17. The van der Waals surface area contributed by atoms with E-state index < -0.39 is 0 Å². The van der Waals surface area contributed by atoms with Crippen molar-refractivity contribution in [1.29, 1.82) is 0 Å². The molecule has 126 valence electrons. The Morgan fingerprint density at radius 1 is 1.38 bits per heavy atom. The zero-order valence-electron chi connectivity index (χ0n) is 13.5. The van der Waals surface area contributed by atoms with Crippen LogP contribution in [-0.2, 0) is 22.6 Å². The van der Waals surface area contributed by atoms with Gasteiger partial charge < -0.3 is 15.4 Å². The summed E-state index contributed by atoms with van der Waals surface area (Å²) in [6.45, 7) is 1.77. The van der Waals surface area contributed by atoms with Gasteiger partial charge in [0.2, 0.25) is 5.91 Å². The fraction of sp³-hybridized carbons (Fsp3) is 0.333. The molecular formula is C18H22N4O2. The van der Waals surface area contributed by atoms with Crippen molar-refractivity contribution in [2.24, 2.45) is 0 Å². The minimum atomic E-state index is -0.0915. The summed E-state index contributed by atoms with van der Waals surface area (Å²) in [5, 5.41) is 10.3. The van der Waals surface area contributed by atoms with Crippen LogP contribution in [0.4, 0.5) is 5.69 Å². The molecular weight excluding hydrogens is 304 g/mol. The van der Waals surface area contributed by atoms with Crippen molar-refractivity contribution in [3.63, 3.8) is 0 Å². The summed E-state index contributed by atoms with van der Waals surface area (Å²) < 4.78 is 7.13. The SMILES string of the molecule is O=C(Cn1cccn1)Nc1cccc(CNC[C@H]2CCC=CO2)c1. The van der Waals surface area contributed by atoms with Crippen LogP contribution in [0.25, 0.3) is 0 Å². The number of nitrogens with zero attached hydrogens (tertiary/aromatic N) is 2. The van der Waals surface area contributed by atoms with E-state index in [0.717, 1.165) is 37.2 Å². The Kier molecular flexibility index (Phi) is 5.63. The zero-order valence-corrected chi connectivity index (χ0v) is 13.5. The van der Waals surface area contributed by atoms with E-state index in [0.29, 0.717) is 0 Å². The largest absolute Gasteiger partial charge is 0.497 e. The highest BCUT2D eigenvalue weighted by atomic mass is 16.5. The number of ether oxygens (including phenoxy) is 1. The molecule has 2 heterocycles. The van der Waals surface area contributed by atoms with E-state index in [4.69, 9.17) is 4.74 Å². The predicted octanol–water partition coefficient (Wildman–Crippen LogP) is 2.30. The second-order valence-electron chi connectivity index (χ2n) is 5.79. The third-order valence-electron chi connectivity index (χ3n) is 3.80. The quantitative estimate of drug-likeness (QED) is 0.819. The van der Waals surface area contributed by atoms with E-state index in [9.17, 15) is 4.79 Å². The number of hydrogen-bond acceptors (Lipinski definition) is 4.